The lowest BCUT2D eigenvalue weighted by Gasteiger charge is -2.17. The topological polar surface area (TPSA) is 33.2 Å². The molecular formula is C16H17N2O. The molecule has 1 heterocycles. The Hall–Kier alpha value is -2.16. The van der Waals surface area contributed by atoms with Crippen molar-refractivity contribution in [2.45, 2.75) is 13.0 Å². The second kappa shape index (κ2) is 6.69. The minimum atomic E-state index is 0.0349. The van der Waals surface area contributed by atoms with Crippen LogP contribution < -0.4 is 0 Å². The van der Waals surface area contributed by atoms with Gasteiger partial charge in [-0.3, -0.25) is 9.78 Å². The minimum Gasteiger partial charge on any atom is -0.341 e. The zero-order chi connectivity index (χ0) is 13.5. The molecule has 1 aromatic heterocycles. The molecule has 1 aromatic carbocycles. The molecule has 2 aromatic rings. The summed E-state index contributed by atoms with van der Waals surface area (Å²) in [5, 5.41) is 0. The molecule has 3 heteroatoms. The number of hydrogen-bond donors (Lipinski definition) is 0. The fourth-order valence-corrected chi connectivity index (χ4v) is 1.82. The van der Waals surface area contributed by atoms with Crippen molar-refractivity contribution in [1.29, 1.82) is 0 Å². The average molecular weight is 253 g/mol. The van der Waals surface area contributed by atoms with Gasteiger partial charge in [-0.15, -0.1) is 0 Å². The fraction of sp³-hybridized carbons (Fsp3) is 0.188. The normalized spacial score (nSPS) is 10.2. The van der Waals surface area contributed by atoms with E-state index in [1.807, 2.05) is 49.5 Å². The Morgan fingerprint density at radius 1 is 1.16 bits per heavy atom. The number of amides is 1. The summed E-state index contributed by atoms with van der Waals surface area (Å²) < 4.78 is 0. The predicted octanol–water partition coefficient (Wildman–Crippen LogP) is 2.49. The lowest BCUT2D eigenvalue weighted by Crippen LogP contribution is -2.26. The molecule has 0 fully saturated rings. The SMILES string of the molecule is CN(Cc1ccccc1)C(=O)[CH]Cc1cccnc1. The highest BCUT2D eigenvalue weighted by molar-refractivity contribution is 5.84. The van der Waals surface area contributed by atoms with E-state index < -0.39 is 0 Å². The van der Waals surface area contributed by atoms with Gasteiger partial charge in [0.15, 0.2) is 0 Å². The Kier molecular flexibility index (Phi) is 4.67. The van der Waals surface area contributed by atoms with Crippen LogP contribution in [0.5, 0.6) is 0 Å². The summed E-state index contributed by atoms with van der Waals surface area (Å²) in [5.41, 5.74) is 2.18. The van der Waals surface area contributed by atoms with Gasteiger partial charge in [-0.25, -0.2) is 0 Å². The summed E-state index contributed by atoms with van der Waals surface area (Å²) in [6, 6.07) is 13.8. The van der Waals surface area contributed by atoms with Crippen LogP contribution in [0.4, 0.5) is 0 Å². The van der Waals surface area contributed by atoms with E-state index in [2.05, 4.69) is 4.98 Å². The third-order valence-electron chi connectivity index (χ3n) is 2.87. The number of benzene rings is 1. The van der Waals surface area contributed by atoms with E-state index in [1.54, 1.807) is 23.7 Å². The zero-order valence-corrected chi connectivity index (χ0v) is 11.0. The van der Waals surface area contributed by atoms with E-state index >= 15 is 0 Å². The first-order valence-electron chi connectivity index (χ1n) is 6.27. The van der Waals surface area contributed by atoms with Gasteiger partial charge in [0.25, 0.3) is 0 Å². The predicted molar refractivity (Wildman–Crippen MR) is 75.2 cm³/mol. The molecule has 0 atom stereocenters. The van der Waals surface area contributed by atoms with Crippen LogP contribution in [0.15, 0.2) is 54.9 Å². The standard InChI is InChI=1S/C16H17N2O/c1-18(13-15-6-3-2-4-7-15)16(19)10-9-14-8-5-11-17-12-14/h2-8,10-12H,9,13H2,1H3. The lowest BCUT2D eigenvalue weighted by atomic mass is 10.1. The van der Waals surface area contributed by atoms with E-state index in [-0.39, 0.29) is 5.91 Å². The van der Waals surface area contributed by atoms with E-state index in [0.717, 1.165) is 11.1 Å². The van der Waals surface area contributed by atoms with Gasteiger partial charge in [-0.2, -0.15) is 0 Å². The van der Waals surface area contributed by atoms with Crippen molar-refractivity contribution in [1.82, 2.24) is 9.88 Å². The Bertz CT molecular complexity index is 511. The maximum Gasteiger partial charge on any atom is 0.226 e. The van der Waals surface area contributed by atoms with E-state index in [9.17, 15) is 4.79 Å². The molecule has 1 amide bonds. The number of hydrogen-bond acceptors (Lipinski definition) is 2. The number of rotatable bonds is 5. The fourth-order valence-electron chi connectivity index (χ4n) is 1.82. The molecule has 1 radical (unpaired) electrons. The molecule has 97 valence electrons. The molecule has 0 N–H and O–H groups in total. The second-order valence-corrected chi connectivity index (χ2v) is 4.45. The molecular weight excluding hydrogens is 236 g/mol. The van der Waals surface area contributed by atoms with E-state index in [0.29, 0.717) is 13.0 Å². The lowest BCUT2D eigenvalue weighted by molar-refractivity contribution is -0.126. The van der Waals surface area contributed by atoms with Gasteiger partial charge in [0.05, 0.1) is 6.42 Å². The smallest absolute Gasteiger partial charge is 0.226 e. The number of nitrogens with zero attached hydrogens (tertiary/aromatic N) is 2. The molecule has 3 nitrogen and oxygen atoms in total. The quantitative estimate of drug-likeness (QED) is 0.820. The molecule has 19 heavy (non-hydrogen) atoms. The molecule has 0 bridgehead atoms. The average Bonchev–Trinajstić information content (AvgIpc) is 2.47. The maximum atomic E-state index is 12.0. The second-order valence-electron chi connectivity index (χ2n) is 4.45. The highest BCUT2D eigenvalue weighted by Gasteiger charge is 2.09. The van der Waals surface area contributed by atoms with Gasteiger partial charge in [0.1, 0.15) is 0 Å². The number of pyridine rings is 1. The Labute approximate surface area is 113 Å². The Balaban J connectivity index is 1.83. The van der Waals surface area contributed by atoms with Crippen LogP contribution in [-0.4, -0.2) is 22.8 Å². The van der Waals surface area contributed by atoms with Gasteiger partial charge in [0, 0.05) is 26.0 Å². The monoisotopic (exact) mass is 253 g/mol. The third kappa shape index (κ3) is 4.21. The van der Waals surface area contributed by atoms with Gasteiger partial charge >= 0.3 is 0 Å². The van der Waals surface area contributed by atoms with Gasteiger partial charge < -0.3 is 4.90 Å². The van der Waals surface area contributed by atoms with Gasteiger partial charge in [-0.1, -0.05) is 36.4 Å². The highest BCUT2D eigenvalue weighted by Crippen LogP contribution is 2.06. The van der Waals surface area contributed by atoms with Gasteiger partial charge in [0.2, 0.25) is 5.91 Å². The molecule has 0 aliphatic heterocycles. The van der Waals surface area contributed by atoms with Crippen LogP contribution in [0.3, 0.4) is 0 Å². The summed E-state index contributed by atoms with van der Waals surface area (Å²) in [7, 11) is 1.81. The van der Waals surface area contributed by atoms with Crippen LogP contribution in [0.25, 0.3) is 0 Å². The zero-order valence-electron chi connectivity index (χ0n) is 11.0. The van der Waals surface area contributed by atoms with Crippen molar-refractivity contribution in [2.75, 3.05) is 7.05 Å². The van der Waals surface area contributed by atoms with E-state index in [4.69, 9.17) is 0 Å². The van der Waals surface area contributed by atoms with Crippen LogP contribution in [-0.2, 0) is 17.8 Å². The summed E-state index contributed by atoms with van der Waals surface area (Å²) in [4.78, 5) is 17.7. The van der Waals surface area contributed by atoms with Crippen molar-refractivity contribution in [3.63, 3.8) is 0 Å². The van der Waals surface area contributed by atoms with Crippen LogP contribution in [0, 0.1) is 6.42 Å². The van der Waals surface area contributed by atoms with Crippen molar-refractivity contribution < 1.29 is 4.79 Å². The van der Waals surface area contributed by atoms with Crippen molar-refractivity contribution >= 4 is 5.91 Å². The molecule has 0 spiro atoms. The van der Waals surface area contributed by atoms with Crippen LogP contribution in [0.2, 0.25) is 0 Å². The summed E-state index contributed by atoms with van der Waals surface area (Å²) >= 11 is 0. The number of carbonyl (C=O) groups is 1. The maximum absolute atomic E-state index is 12.0. The van der Waals surface area contributed by atoms with Gasteiger partial charge in [-0.05, 0) is 23.6 Å². The largest absolute Gasteiger partial charge is 0.341 e. The van der Waals surface area contributed by atoms with Crippen LogP contribution in [0.1, 0.15) is 11.1 Å². The molecule has 0 aliphatic rings. The van der Waals surface area contributed by atoms with Crippen molar-refractivity contribution in [3.05, 3.63) is 72.4 Å². The molecule has 2 rings (SSSR count). The van der Waals surface area contributed by atoms with Crippen molar-refractivity contribution in [2.24, 2.45) is 0 Å². The molecule has 0 aliphatic carbocycles. The Morgan fingerprint density at radius 2 is 1.89 bits per heavy atom. The molecule has 0 saturated carbocycles. The summed E-state index contributed by atoms with van der Waals surface area (Å²) in [6.45, 7) is 0.628. The summed E-state index contributed by atoms with van der Waals surface area (Å²) in [6.07, 6.45) is 5.82. The molecule has 0 saturated heterocycles. The first kappa shape index (κ1) is 13.3. The number of carbonyl (C=O) groups excluding carboxylic acids is 1. The third-order valence-corrected chi connectivity index (χ3v) is 2.87. The Morgan fingerprint density at radius 3 is 2.58 bits per heavy atom. The first-order valence-corrected chi connectivity index (χ1v) is 6.27. The minimum absolute atomic E-state index is 0.0349. The first-order chi connectivity index (χ1) is 9.25. The van der Waals surface area contributed by atoms with E-state index in [1.165, 1.54) is 0 Å². The summed E-state index contributed by atoms with van der Waals surface area (Å²) in [5.74, 6) is 0.0349. The highest BCUT2D eigenvalue weighted by atomic mass is 16.2. The van der Waals surface area contributed by atoms with Crippen molar-refractivity contribution in [3.8, 4) is 0 Å². The number of aromatic nitrogens is 1. The van der Waals surface area contributed by atoms with Crippen LogP contribution >= 0.6 is 0 Å². The molecule has 0 unspecified atom stereocenters.